The third-order valence-electron chi connectivity index (χ3n) is 2.50. The van der Waals surface area contributed by atoms with Crippen LogP contribution in [0.15, 0.2) is 24.3 Å². The number of carbonyl (C=O) groups is 1. The Bertz CT molecular complexity index is 477. The first-order valence-corrected chi connectivity index (χ1v) is 6.35. The minimum absolute atomic E-state index is 0.387. The van der Waals surface area contributed by atoms with Gasteiger partial charge in [0.1, 0.15) is 11.6 Å². The lowest BCUT2D eigenvalue weighted by Gasteiger charge is -2.22. The van der Waals surface area contributed by atoms with Crippen LogP contribution in [0.5, 0.6) is 0 Å². The summed E-state index contributed by atoms with van der Waals surface area (Å²) in [6, 6.07) is 6.51. The number of hydrogen-bond acceptors (Lipinski definition) is 4. The Morgan fingerprint density at radius 2 is 1.90 bits per heavy atom. The molecular weight excluding hydrogens is 260 g/mol. The van der Waals surface area contributed by atoms with Crippen LogP contribution >= 0.6 is 0 Å². The number of rotatable bonds is 4. The van der Waals surface area contributed by atoms with Crippen molar-refractivity contribution in [3.63, 3.8) is 0 Å². The van der Waals surface area contributed by atoms with Gasteiger partial charge in [0.2, 0.25) is 6.54 Å². The Kier molecular flexibility index (Phi) is 5.07. The van der Waals surface area contributed by atoms with E-state index in [-0.39, 0.29) is 6.54 Å². The zero-order valence-electron chi connectivity index (χ0n) is 12.2. The van der Waals surface area contributed by atoms with Gasteiger partial charge in [-0.3, -0.25) is 10.1 Å². The van der Waals surface area contributed by atoms with Gasteiger partial charge in [-0.15, -0.1) is 0 Å². The molecule has 0 fully saturated rings. The van der Waals surface area contributed by atoms with Gasteiger partial charge in [-0.25, -0.2) is 4.79 Å². The molecule has 20 heavy (non-hydrogen) atoms. The summed E-state index contributed by atoms with van der Waals surface area (Å²) in [7, 11) is 0. The molecule has 1 atom stereocenters. The van der Waals surface area contributed by atoms with Crippen LogP contribution in [0.25, 0.3) is 0 Å². The van der Waals surface area contributed by atoms with E-state index in [2.05, 4.69) is 5.32 Å². The Hall–Kier alpha value is -2.11. The Morgan fingerprint density at radius 1 is 1.35 bits per heavy atom. The van der Waals surface area contributed by atoms with Crippen LogP contribution in [0.3, 0.4) is 0 Å². The van der Waals surface area contributed by atoms with Crippen LogP contribution in [0.1, 0.15) is 37.9 Å². The molecule has 6 nitrogen and oxygen atoms in total. The van der Waals surface area contributed by atoms with Crippen molar-refractivity contribution in [1.29, 1.82) is 0 Å². The van der Waals surface area contributed by atoms with Gasteiger partial charge in [0.25, 0.3) is 0 Å². The number of nitro groups is 1. The second-order valence-corrected chi connectivity index (χ2v) is 5.62. The molecule has 0 spiro atoms. The number of amides is 1. The highest BCUT2D eigenvalue weighted by Crippen LogP contribution is 2.16. The van der Waals surface area contributed by atoms with Gasteiger partial charge >= 0.3 is 6.09 Å². The quantitative estimate of drug-likeness (QED) is 0.679. The van der Waals surface area contributed by atoms with Crippen molar-refractivity contribution in [2.75, 3.05) is 6.54 Å². The summed E-state index contributed by atoms with van der Waals surface area (Å²) in [5.41, 5.74) is 1.08. The Labute approximate surface area is 118 Å². The van der Waals surface area contributed by atoms with Crippen molar-refractivity contribution in [3.8, 4) is 0 Å². The summed E-state index contributed by atoms with van der Waals surface area (Å²) in [4.78, 5) is 22.0. The third kappa shape index (κ3) is 5.69. The van der Waals surface area contributed by atoms with Crippen LogP contribution in [-0.2, 0) is 4.74 Å². The van der Waals surface area contributed by atoms with Crippen molar-refractivity contribution in [1.82, 2.24) is 5.32 Å². The number of alkyl carbamates (subject to hydrolysis) is 1. The molecule has 6 heteroatoms. The lowest BCUT2D eigenvalue weighted by molar-refractivity contribution is -0.484. The van der Waals surface area contributed by atoms with Crippen LogP contribution in [0.4, 0.5) is 4.79 Å². The van der Waals surface area contributed by atoms with E-state index in [1.165, 1.54) is 0 Å². The van der Waals surface area contributed by atoms with E-state index in [1.54, 1.807) is 32.9 Å². The fourth-order valence-electron chi connectivity index (χ4n) is 1.63. The Balaban J connectivity index is 2.82. The molecule has 0 saturated carbocycles. The summed E-state index contributed by atoms with van der Waals surface area (Å²) in [5.74, 6) is 0. The molecule has 110 valence electrons. The molecule has 0 aliphatic heterocycles. The van der Waals surface area contributed by atoms with E-state index < -0.39 is 22.7 Å². The van der Waals surface area contributed by atoms with Gasteiger partial charge in [-0.05, 0) is 33.3 Å². The average molecular weight is 280 g/mol. The molecule has 0 unspecified atom stereocenters. The summed E-state index contributed by atoms with van der Waals surface area (Å²) in [6.07, 6.45) is -0.662. The molecule has 0 aliphatic carbocycles. The van der Waals surface area contributed by atoms with Crippen LogP contribution in [0, 0.1) is 17.0 Å². The summed E-state index contributed by atoms with van der Waals surface area (Å²) in [5, 5.41) is 13.3. The topological polar surface area (TPSA) is 81.5 Å². The van der Waals surface area contributed by atoms with E-state index in [0.29, 0.717) is 5.56 Å². The molecule has 0 saturated heterocycles. The predicted octanol–water partition coefficient (Wildman–Crippen LogP) is 2.84. The van der Waals surface area contributed by atoms with Gasteiger partial charge in [0.15, 0.2) is 0 Å². The zero-order chi connectivity index (χ0) is 15.3. The van der Waals surface area contributed by atoms with Crippen LogP contribution in [-0.4, -0.2) is 23.2 Å². The smallest absolute Gasteiger partial charge is 0.408 e. The molecule has 0 aromatic heterocycles. The standard InChI is InChI=1S/C14H20N2O4/c1-10-5-7-11(8-6-10)12(9-16(18)19)15-13(17)20-14(2,3)4/h5-8,12H,9H2,1-4H3,(H,15,17)/t12-/m0/s1. The number of aryl methyl sites for hydroxylation is 1. The molecule has 1 aromatic carbocycles. The molecule has 0 aliphatic rings. The molecule has 1 aromatic rings. The predicted molar refractivity (Wildman–Crippen MR) is 75.2 cm³/mol. The highest BCUT2D eigenvalue weighted by molar-refractivity contribution is 5.68. The lowest BCUT2D eigenvalue weighted by atomic mass is 10.1. The second-order valence-electron chi connectivity index (χ2n) is 5.62. The fourth-order valence-corrected chi connectivity index (χ4v) is 1.63. The summed E-state index contributed by atoms with van der Waals surface area (Å²) in [6.45, 7) is 6.75. The van der Waals surface area contributed by atoms with E-state index in [4.69, 9.17) is 4.74 Å². The Morgan fingerprint density at radius 3 is 2.35 bits per heavy atom. The fraction of sp³-hybridized carbons (Fsp3) is 0.500. The third-order valence-corrected chi connectivity index (χ3v) is 2.50. The highest BCUT2D eigenvalue weighted by Gasteiger charge is 2.23. The number of hydrogen-bond donors (Lipinski definition) is 1. The van der Waals surface area contributed by atoms with E-state index in [0.717, 1.165) is 5.56 Å². The average Bonchev–Trinajstić information content (AvgIpc) is 2.25. The molecule has 0 bridgehead atoms. The number of ether oxygens (including phenoxy) is 1. The molecular formula is C14H20N2O4. The van der Waals surface area contributed by atoms with Gasteiger partial charge in [-0.1, -0.05) is 29.8 Å². The maximum Gasteiger partial charge on any atom is 0.408 e. The van der Waals surface area contributed by atoms with Crippen LogP contribution in [0.2, 0.25) is 0 Å². The molecule has 1 N–H and O–H groups in total. The highest BCUT2D eigenvalue weighted by atomic mass is 16.6. The number of carbonyl (C=O) groups excluding carboxylic acids is 1. The number of benzene rings is 1. The zero-order valence-corrected chi connectivity index (χ0v) is 12.2. The van der Waals surface area contributed by atoms with Crippen molar-refractivity contribution in [2.45, 2.75) is 39.3 Å². The lowest BCUT2D eigenvalue weighted by Crippen LogP contribution is -2.37. The van der Waals surface area contributed by atoms with Gasteiger partial charge in [0.05, 0.1) is 0 Å². The number of nitrogens with zero attached hydrogens (tertiary/aromatic N) is 1. The van der Waals surface area contributed by atoms with Gasteiger partial charge in [-0.2, -0.15) is 0 Å². The summed E-state index contributed by atoms with van der Waals surface area (Å²) < 4.78 is 5.12. The van der Waals surface area contributed by atoms with E-state index >= 15 is 0 Å². The van der Waals surface area contributed by atoms with Crippen molar-refractivity contribution in [3.05, 3.63) is 45.5 Å². The monoisotopic (exact) mass is 280 g/mol. The molecule has 0 heterocycles. The molecule has 1 amide bonds. The van der Waals surface area contributed by atoms with Crippen molar-refractivity contribution in [2.24, 2.45) is 0 Å². The molecule has 1 rings (SSSR count). The van der Waals surface area contributed by atoms with Gasteiger partial charge < -0.3 is 10.1 Å². The first-order valence-electron chi connectivity index (χ1n) is 6.35. The van der Waals surface area contributed by atoms with Crippen molar-refractivity contribution < 1.29 is 14.5 Å². The normalized spacial score (nSPS) is 12.6. The van der Waals surface area contributed by atoms with E-state index in [9.17, 15) is 14.9 Å². The SMILES string of the molecule is Cc1ccc([C@H](C[N+](=O)[O-])NC(=O)OC(C)(C)C)cc1. The maximum absolute atomic E-state index is 11.7. The second kappa shape index (κ2) is 6.36. The van der Waals surface area contributed by atoms with Crippen LogP contribution < -0.4 is 5.32 Å². The minimum Gasteiger partial charge on any atom is -0.444 e. The van der Waals surface area contributed by atoms with Gasteiger partial charge in [0, 0.05) is 4.92 Å². The largest absolute Gasteiger partial charge is 0.444 e. The maximum atomic E-state index is 11.7. The summed E-state index contributed by atoms with van der Waals surface area (Å²) >= 11 is 0. The number of nitrogens with one attached hydrogen (secondary N) is 1. The first-order chi connectivity index (χ1) is 9.17. The van der Waals surface area contributed by atoms with Crippen molar-refractivity contribution >= 4 is 6.09 Å². The molecule has 0 radical (unpaired) electrons. The first kappa shape index (κ1) is 15.9. The van der Waals surface area contributed by atoms with E-state index in [1.807, 2.05) is 19.1 Å². The minimum atomic E-state index is -0.708.